The number of nitrogens with zero attached hydrogens (tertiary/aromatic N) is 2. The first kappa shape index (κ1) is 19.2. The first-order valence-corrected chi connectivity index (χ1v) is 10.5. The predicted octanol–water partition coefficient (Wildman–Crippen LogP) is 2.03. The van der Waals surface area contributed by atoms with Crippen LogP contribution in [0.1, 0.15) is 38.2 Å². The number of likely N-dealkylation sites (tertiary alicyclic amines) is 1. The van der Waals surface area contributed by atoms with E-state index in [0.29, 0.717) is 30.8 Å². The summed E-state index contributed by atoms with van der Waals surface area (Å²) in [5.41, 5.74) is 1.26. The van der Waals surface area contributed by atoms with Crippen LogP contribution in [-0.2, 0) is 16.1 Å². The van der Waals surface area contributed by atoms with E-state index in [9.17, 15) is 9.59 Å². The van der Waals surface area contributed by atoms with E-state index in [1.807, 2.05) is 12.1 Å². The molecule has 6 nitrogen and oxygen atoms in total. The highest BCUT2D eigenvalue weighted by atomic mass is 16.5. The third-order valence-electron chi connectivity index (χ3n) is 6.67. The van der Waals surface area contributed by atoms with Crippen molar-refractivity contribution < 1.29 is 14.3 Å². The van der Waals surface area contributed by atoms with Crippen LogP contribution in [0.25, 0.3) is 0 Å². The fourth-order valence-corrected chi connectivity index (χ4v) is 5.54. The second kappa shape index (κ2) is 8.11. The topological polar surface area (TPSA) is 61.9 Å². The van der Waals surface area contributed by atoms with Gasteiger partial charge in [-0.25, -0.2) is 0 Å². The number of carbonyl (C=O) groups is 2. The smallest absolute Gasteiger partial charge is 0.223 e. The molecule has 2 amide bonds. The number of fused-ring (bicyclic) bond motifs is 4. The molecule has 0 aromatic heterocycles. The van der Waals surface area contributed by atoms with Crippen molar-refractivity contribution in [3.8, 4) is 5.75 Å². The third kappa shape index (κ3) is 3.88. The molecule has 0 aliphatic carbocycles. The first-order valence-electron chi connectivity index (χ1n) is 10.5. The van der Waals surface area contributed by atoms with Crippen LogP contribution in [0.2, 0.25) is 0 Å². The summed E-state index contributed by atoms with van der Waals surface area (Å²) in [5.74, 6) is 2.09. The van der Waals surface area contributed by atoms with Crippen LogP contribution in [0.5, 0.6) is 5.75 Å². The molecule has 28 heavy (non-hydrogen) atoms. The number of hydrogen-bond donors (Lipinski definition) is 1. The number of hydrogen-bond acceptors (Lipinski definition) is 4. The molecule has 3 aliphatic heterocycles. The Morgan fingerprint density at radius 2 is 2.11 bits per heavy atom. The number of nitrogens with one attached hydrogen (secondary N) is 1. The van der Waals surface area contributed by atoms with Gasteiger partial charge in [-0.1, -0.05) is 12.1 Å². The Hall–Kier alpha value is -2.08. The molecule has 0 radical (unpaired) electrons. The van der Waals surface area contributed by atoms with E-state index in [-0.39, 0.29) is 17.9 Å². The van der Waals surface area contributed by atoms with Crippen LogP contribution in [-0.4, -0.2) is 60.4 Å². The Balaban J connectivity index is 1.53. The lowest BCUT2D eigenvalue weighted by molar-refractivity contribution is -0.153. The summed E-state index contributed by atoms with van der Waals surface area (Å²) < 4.78 is 5.37. The SMILES string of the molecule is COc1cccc(CN2C[C@H]3C[C@@H](C2)[C@H](CNC(C)=O)N2C(=O)CCC[C@@H]32)c1. The van der Waals surface area contributed by atoms with Crippen molar-refractivity contribution >= 4 is 11.8 Å². The van der Waals surface area contributed by atoms with Gasteiger partial charge in [0.05, 0.1) is 13.2 Å². The maximum Gasteiger partial charge on any atom is 0.223 e. The van der Waals surface area contributed by atoms with Gasteiger partial charge in [-0.3, -0.25) is 14.5 Å². The summed E-state index contributed by atoms with van der Waals surface area (Å²) in [6, 6.07) is 8.72. The van der Waals surface area contributed by atoms with Gasteiger partial charge in [0.2, 0.25) is 11.8 Å². The second-order valence-electron chi connectivity index (χ2n) is 8.57. The van der Waals surface area contributed by atoms with E-state index in [0.717, 1.165) is 44.6 Å². The van der Waals surface area contributed by atoms with E-state index in [1.54, 1.807) is 14.0 Å². The van der Waals surface area contributed by atoms with Gasteiger partial charge in [0.25, 0.3) is 0 Å². The molecule has 0 spiro atoms. The highest BCUT2D eigenvalue weighted by molar-refractivity contribution is 5.78. The monoisotopic (exact) mass is 385 g/mol. The summed E-state index contributed by atoms with van der Waals surface area (Å²) in [5, 5.41) is 2.98. The number of benzene rings is 1. The largest absolute Gasteiger partial charge is 0.497 e. The summed E-state index contributed by atoms with van der Waals surface area (Å²) in [6.07, 6.45) is 3.89. The molecule has 1 aromatic rings. The molecule has 0 unspecified atom stereocenters. The fraction of sp³-hybridized carbons (Fsp3) is 0.636. The van der Waals surface area contributed by atoms with E-state index < -0.39 is 0 Å². The molecular weight excluding hydrogens is 354 g/mol. The van der Waals surface area contributed by atoms with Crippen molar-refractivity contribution in [2.45, 2.75) is 51.2 Å². The lowest BCUT2D eigenvalue weighted by Crippen LogP contribution is -2.66. The van der Waals surface area contributed by atoms with E-state index >= 15 is 0 Å². The standard InChI is InChI=1S/C22H31N3O3/c1-15(26)23-11-21-18-10-17(20-7-4-8-22(27)25(20)21)13-24(14-18)12-16-5-3-6-19(9-16)28-2/h3,5-6,9,17-18,20-21H,4,7-8,10-14H2,1-2H3,(H,23,26)/t17-,18+,20+,21+/m1/s1. The molecular formula is C22H31N3O3. The average Bonchev–Trinajstić information content (AvgIpc) is 2.68. The zero-order valence-electron chi connectivity index (χ0n) is 16.9. The normalized spacial score (nSPS) is 29.9. The Labute approximate surface area is 167 Å². The Bertz CT molecular complexity index is 737. The molecule has 152 valence electrons. The number of rotatable bonds is 5. The Kier molecular flexibility index (Phi) is 5.58. The summed E-state index contributed by atoms with van der Waals surface area (Å²) in [7, 11) is 1.70. The number of piperidine rings is 3. The Morgan fingerprint density at radius 3 is 2.89 bits per heavy atom. The van der Waals surface area contributed by atoms with Crippen molar-refractivity contribution in [2.75, 3.05) is 26.7 Å². The van der Waals surface area contributed by atoms with Gasteiger partial charge < -0.3 is 15.0 Å². The van der Waals surface area contributed by atoms with Crippen molar-refractivity contribution in [3.05, 3.63) is 29.8 Å². The Morgan fingerprint density at radius 1 is 1.29 bits per heavy atom. The van der Waals surface area contributed by atoms with Gasteiger partial charge in [0.15, 0.2) is 0 Å². The summed E-state index contributed by atoms with van der Waals surface area (Å²) >= 11 is 0. The number of carbonyl (C=O) groups excluding carboxylic acids is 2. The fourth-order valence-electron chi connectivity index (χ4n) is 5.54. The molecule has 1 aromatic carbocycles. The molecule has 2 bridgehead atoms. The van der Waals surface area contributed by atoms with Gasteiger partial charge in [-0.15, -0.1) is 0 Å². The molecule has 0 saturated carbocycles. The van der Waals surface area contributed by atoms with E-state index in [1.165, 1.54) is 5.56 Å². The lowest BCUT2D eigenvalue weighted by atomic mass is 9.72. The number of amides is 2. The minimum absolute atomic E-state index is 0.0211. The molecule has 3 heterocycles. The van der Waals surface area contributed by atoms with Gasteiger partial charge in [0, 0.05) is 45.6 Å². The van der Waals surface area contributed by atoms with Crippen molar-refractivity contribution in [3.63, 3.8) is 0 Å². The van der Waals surface area contributed by atoms with Crippen molar-refractivity contribution in [1.82, 2.24) is 15.1 Å². The van der Waals surface area contributed by atoms with Gasteiger partial charge >= 0.3 is 0 Å². The zero-order chi connectivity index (χ0) is 19.7. The molecule has 1 N–H and O–H groups in total. The van der Waals surface area contributed by atoms with Crippen LogP contribution in [0.3, 0.4) is 0 Å². The molecule has 3 aliphatic rings. The van der Waals surface area contributed by atoms with Crippen LogP contribution >= 0.6 is 0 Å². The maximum atomic E-state index is 12.7. The third-order valence-corrected chi connectivity index (χ3v) is 6.67. The van der Waals surface area contributed by atoms with Gasteiger partial charge in [-0.2, -0.15) is 0 Å². The molecule has 3 fully saturated rings. The molecule has 4 rings (SSSR count). The number of methoxy groups -OCH3 is 1. The second-order valence-corrected chi connectivity index (χ2v) is 8.57. The minimum Gasteiger partial charge on any atom is -0.497 e. The lowest BCUT2D eigenvalue weighted by Gasteiger charge is -2.56. The number of ether oxygens (including phenoxy) is 1. The summed E-state index contributed by atoms with van der Waals surface area (Å²) in [6.45, 7) is 5.03. The minimum atomic E-state index is -0.0211. The van der Waals surface area contributed by atoms with Crippen LogP contribution in [0.4, 0.5) is 0 Å². The van der Waals surface area contributed by atoms with Gasteiger partial charge in [-0.05, 0) is 48.8 Å². The molecule has 4 atom stereocenters. The van der Waals surface area contributed by atoms with Crippen LogP contribution in [0, 0.1) is 11.8 Å². The highest BCUT2D eigenvalue weighted by Crippen LogP contribution is 2.41. The zero-order valence-corrected chi connectivity index (χ0v) is 16.9. The van der Waals surface area contributed by atoms with Crippen molar-refractivity contribution in [1.29, 1.82) is 0 Å². The van der Waals surface area contributed by atoms with Crippen molar-refractivity contribution in [2.24, 2.45) is 11.8 Å². The quantitative estimate of drug-likeness (QED) is 0.843. The first-order chi connectivity index (χ1) is 13.5. The average molecular weight is 386 g/mol. The van der Waals surface area contributed by atoms with Gasteiger partial charge in [0.1, 0.15) is 5.75 Å². The summed E-state index contributed by atoms with van der Waals surface area (Å²) in [4.78, 5) is 29.0. The van der Waals surface area contributed by atoms with E-state index in [2.05, 4.69) is 27.2 Å². The highest BCUT2D eigenvalue weighted by Gasteiger charge is 2.49. The predicted molar refractivity (Wildman–Crippen MR) is 107 cm³/mol. The van der Waals surface area contributed by atoms with Crippen LogP contribution < -0.4 is 10.1 Å². The molecule has 6 heteroatoms. The molecule has 3 saturated heterocycles. The van der Waals surface area contributed by atoms with E-state index in [4.69, 9.17) is 4.74 Å². The van der Waals surface area contributed by atoms with Crippen LogP contribution in [0.15, 0.2) is 24.3 Å². The maximum absolute atomic E-state index is 12.7.